The van der Waals surface area contributed by atoms with Crippen molar-refractivity contribution < 1.29 is 4.42 Å². The minimum Gasteiger partial charge on any atom is -0.466 e. The fourth-order valence-corrected chi connectivity index (χ4v) is 3.04. The van der Waals surface area contributed by atoms with Crippen LogP contribution in [0, 0.1) is 5.92 Å². The molecule has 1 heterocycles. The van der Waals surface area contributed by atoms with Gasteiger partial charge >= 0.3 is 0 Å². The summed E-state index contributed by atoms with van der Waals surface area (Å²) in [5, 5.41) is 3.45. The molecule has 1 rings (SSSR count). The third-order valence-corrected chi connectivity index (χ3v) is 4.27. The van der Waals surface area contributed by atoms with Crippen LogP contribution in [0.25, 0.3) is 0 Å². The Morgan fingerprint density at radius 1 is 1.44 bits per heavy atom. The molecule has 0 fully saturated rings. The van der Waals surface area contributed by atoms with Gasteiger partial charge in [-0.05, 0) is 40.2 Å². The van der Waals surface area contributed by atoms with Crippen molar-refractivity contribution in [2.24, 2.45) is 5.92 Å². The Bertz CT molecular complexity index is 301. The van der Waals surface area contributed by atoms with Crippen LogP contribution < -0.4 is 5.32 Å². The number of rotatable bonds is 7. The highest BCUT2D eigenvalue weighted by atomic mass is 79.9. The van der Waals surface area contributed by atoms with Gasteiger partial charge in [-0.1, -0.05) is 20.8 Å². The summed E-state index contributed by atoms with van der Waals surface area (Å²) < 4.78 is 6.57. The maximum Gasteiger partial charge on any atom is 0.135 e. The van der Waals surface area contributed by atoms with E-state index in [1.807, 2.05) is 17.8 Å². The molecule has 0 aliphatic heterocycles. The molecule has 0 bridgehead atoms. The van der Waals surface area contributed by atoms with Crippen LogP contribution in [-0.2, 0) is 0 Å². The van der Waals surface area contributed by atoms with Gasteiger partial charge in [0.15, 0.2) is 0 Å². The first-order chi connectivity index (χ1) is 7.65. The van der Waals surface area contributed by atoms with Gasteiger partial charge in [0.2, 0.25) is 0 Å². The molecule has 1 aromatic heterocycles. The number of furan rings is 1. The molecule has 1 aromatic rings. The lowest BCUT2D eigenvalue weighted by atomic mass is 10.2. The molecule has 1 unspecified atom stereocenters. The lowest BCUT2D eigenvalue weighted by molar-refractivity contribution is 0.438. The van der Waals surface area contributed by atoms with Gasteiger partial charge < -0.3 is 9.73 Å². The monoisotopic (exact) mass is 305 g/mol. The van der Waals surface area contributed by atoms with Crippen LogP contribution in [0.1, 0.15) is 32.6 Å². The number of thioether (sulfide) groups is 1. The maximum atomic E-state index is 5.51. The molecule has 16 heavy (non-hydrogen) atoms. The van der Waals surface area contributed by atoms with E-state index in [1.165, 1.54) is 5.75 Å². The summed E-state index contributed by atoms with van der Waals surface area (Å²) in [6.45, 7) is 7.58. The van der Waals surface area contributed by atoms with Gasteiger partial charge in [-0.25, -0.2) is 0 Å². The van der Waals surface area contributed by atoms with Crippen LogP contribution in [0.4, 0.5) is 0 Å². The molecule has 0 aliphatic carbocycles. The molecule has 1 N–H and O–H groups in total. The molecule has 1 atom stereocenters. The number of hydrogen-bond acceptors (Lipinski definition) is 3. The predicted molar refractivity (Wildman–Crippen MR) is 75.0 cm³/mol. The number of halogens is 1. The van der Waals surface area contributed by atoms with Crippen molar-refractivity contribution in [3.8, 4) is 0 Å². The number of hydrogen-bond donors (Lipinski definition) is 1. The third kappa shape index (κ3) is 4.52. The Hall–Kier alpha value is 0.0700. The summed E-state index contributed by atoms with van der Waals surface area (Å²) in [6.07, 6.45) is 1.73. The Labute approximate surface area is 111 Å². The Kier molecular flexibility index (Phi) is 6.54. The van der Waals surface area contributed by atoms with Crippen LogP contribution >= 0.6 is 27.7 Å². The van der Waals surface area contributed by atoms with Crippen molar-refractivity contribution in [1.29, 1.82) is 0 Å². The summed E-state index contributed by atoms with van der Waals surface area (Å²) in [5.74, 6) is 4.00. The molecule has 0 spiro atoms. The minimum atomic E-state index is 0.304. The van der Waals surface area contributed by atoms with Gasteiger partial charge in [0.1, 0.15) is 5.76 Å². The summed E-state index contributed by atoms with van der Waals surface area (Å²) in [7, 11) is 0. The topological polar surface area (TPSA) is 25.2 Å². The zero-order valence-corrected chi connectivity index (χ0v) is 12.5. The lowest BCUT2D eigenvalue weighted by Crippen LogP contribution is -2.23. The van der Waals surface area contributed by atoms with Gasteiger partial charge in [-0.15, -0.1) is 0 Å². The Balaban J connectivity index is 2.51. The highest BCUT2D eigenvalue weighted by Gasteiger charge is 2.16. The molecule has 92 valence electrons. The first kappa shape index (κ1) is 14.1. The van der Waals surface area contributed by atoms with Gasteiger partial charge in [-0.2, -0.15) is 11.8 Å². The zero-order chi connectivity index (χ0) is 12.0. The van der Waals surface area contributed by atoms with Crippen LogP contribution in [0.3, 0.4) is 0 Å². The zero-order valence-electron chi connectivity index (χ0n) is 10.1. The smallest absolute Gasteiger partial charge is 0.135 e. The van der Waals surface area contributed by atoms with E-state index in [-0.39, 0.29) is 0 Å². The van der Waals surface area contributed by atoms with E-state index in [0.29, 0.717) is 6.04 Å². The second-order valence-corrected chi connectivity index (χ2v) is 6.10. The molecular weight excluding hydrogens is 286 g/mol. The van der Waals surface area contributed by atoms with E-state index in [1.54, 1.807) is 6.26 Å². The van der Waals surface area contributed by atoms with E-state index in [4.69, 9.17) is 4.42 Å². The molecule has 0 aliphatic rings. The summed E-state index contributed by atoms with van der Waals surface area (Å²) in [5.41, 5.74) is 0. The minimum absolute atomic E-state index is 0.304. The van der Waals surface area contributed by atoms with Gasteiger partial charge in [0.05, 0.1) is 16.8 Å². The van der Waals surface area contributed by atoms with Gasteiger partial charge in [-0.3, -0.25) is 0 Å². The second-order valence-electron chi connectivity index (χ2n) is 4.17. The molecule has 4 heteroatoms. The van der Waals surface area contributed by atoms with Crippen LogP contribution in [0.2, 0.25) is 0 Å². The lowest BCUT2D eigenvalue weighted by Gasteiger charge is -2.16. The summed E-state index contributed by atoms with van der Waals surface area (Å²) >= 11 is 5.49. The molecule has 0 saturated heterocycles. The Morgan fingerprint density at radius 2 is 2.19 bits per heavy atom. The molecule has 0 aromatic carbocycles. The highest BCUT2D eigenvalue weighted by molar-refractivity contribution is 9.10. The molecular formula is C12H20BrNOS. The van der Waals surface area contributed by atoms with Gasteiger partial charge in [0.25, 0.3) is 0 Å². The van der Waals surface area contributed by atoms with Crippen LogP contribution in [0.5, 0.6) is 0 Å². The first-order valence-electron chi connectivity index (χ1n) is 5.69. The Morgan fingerprint density at radius 3 is 2.69 bits per heavy atom. The van der Waals surface area contributed by atoms with Crippen molar-refractivity contribution in [1.82, 2.24) is 5.32 Å². The van der Waals surface area contributed by atoms with E-state index >= 15 is 0 Å². The van der Waals surface area contributed by atoms with Crippen LogP contribution in [0.15, 0.2) is 21.2 Å². The van der Waals surface area contributed by atoms with E-state index < -0.39 is 0 Å². The molecule has 2 nitrogen and oxygen atoms in total. The predicted octanol–water partition coefficient (Wildman–Crippen LogP) is 4.08. The first-order valence-corrected chi connectivity index (χ1v) is 7.64. The van der Waals surface area contributed by atoms with Crippen molar-refractivity contribution in [3.63, 3.8) is 0 Å². The van der Waals surface area contributed by atoms with Crippen molar-refractivity contribution in [2.75, 3.05) is 18.1 Å². The maximum absolute atomic E-state index is 5.51. The van der Waals surface area contributed by atoms with E-state index in [2.05, 4.69) is 42.0 Å². The summed E-state index contributed by atoms with van der Waals surface area (Å²) in [6, 6.07) is 2.25. The van der Waals surface area contributed by atoms with Gasteiger partial charge in [0, 0.05) is 5.75 Å². The van der Waals surface area contributed by atoms with Crippen molar-refractivity contribution in [3.05, 3.63) is 22.6 Å². The SMILES string of the molecule is CCNC(CSCC(C)C)c1occc1Br. The second kappa shape index (κ2) is 7.41. The highest BCUT2D eigenvalue weighted by Crippen LogP contribution is 2.27. The van der Waals surface area contributed by atoms with Crippen molar-refractivity contribution in [2.45, 2.75) is 26.8 Å². The van der Waals surface area contributed by atoms with Crippen LogP contribution in [-0.4, -0.2) is 18.1 Å². The molecule has 0 amide bonds. The average molecular weight is 306 g/mol. The number of nitrogens with one attached hydrogen (secondary N) is 1. The fraction of sp³-hybridized carbons (Fsp3) is 0.667. The summed E-state index contributed by atoms with van der Waals surface area (Å²) in [4.78, 5) is 0. The third-order valence-electron chi connectivity index (χ3n) is 2.15. The largest absolute Gasteiger partial charge is 0.466 e. The molecule has 0 saturated carbocycles. The normalized spacial score (nSPS) is 13.3. The standard InChI is InChI=1S/C12H20BrNOS/c1-4-14-11(8-16-7-9(2)3)12-10(13)5-6-15-12/h5-6,9,11,14H,4,7-8H2,1-3H3. The molecule has 0 radical (unpaired) electrons. The van der Waals surface area contributed by atoms with E-state index in [0.717, 1.165) is 28.4 Å². The average Bonchev–Trinajstić information content (AvgIpc) is 2.63. The fourth-order valence-electron chi connectivity index (χ4n) is 1.45. The van der Waals surface area contributed by atoms with E-state index in [9.17, 15) is 0 Å². The quantitative estimate of drug-likeness (QED) is 0.821. The van der Waals surface area contributed by atoms with Crippen molar-refractivity contribution >= 4 is 27.7 Å².